The molecule has 11 nitrogen and oxygen atoms in total. The standard InChI is InChI=1S/C28H52N6O.2C7H14O2.2Fe/c35-28(23-34(21-26-11-3-7-16-31-26)22-27-12-4-8-17-32-27)13-18-33(19-24-9-1-5-14-29-24)20-25-10-2-6-15-30-25;2*8-7(9)6-4-2-1-3-5-6;;/h24-28,35H,1-23H2;2*6-9H,1-5H2;;/q-4;;;2*+4. The van der Waals surface area contributed by atoms with Crippen molar-refractivity contribution in [1.82, 2.24) is 9.80 Å². The maximum atomic E-state index is 11.2. The summed E-state index contributed by atoms with van der Waals surface area (Å²) in [5, 5.41) is 65.7. The third-order valence-electron chi connectivity index (χ3n) is 12.6. The molecule has 6 fully saturated rings. The van der Waals surface area contributed by atoms with Crippen molar-refractivity contribution in [1.29, 1.82) is 0 Å². The number of aliphatic hydroxyl groups excluding tert-OH is 3. The van der Waals surface area contributed by atoms with E-state index in [4.69, 9.17) is 41.7 Å². The average Bonchev–Trinajstić information content (AvgIpc) is 3.20. The fraction of sp³-hybridized carbons (Fsp3) is 1.00. The van der Waals surface area contributed by atoms with E-state index in [1.54, 1.807) is 0 Å². The predicted octanol–water partition coefficient (Wildman–Crippen LogP) is 6.80. The first kappa shape index (κ1) is 51.7. The molecule has 0 radical (unpaired) electrons. The van der Waals surface area contributed by atoms with E-state index in [1.165, 1.54) is 116 Å². The van der Waals surface area contributed by atoms with Gasteiger partial charge in [0.2, 0.25) is 0 Å². The molecule has 5 unspecified atom stereocenters. The Kier molecular flexibility index (Phi) is 29.6. The smallest absolute Gasteiger partial charge is 0.658 e. The van der Waals surface area contributed by atoms with Crippen LogP contribution < -0.4 is 0 Å². The molecule has 4 aliphatic heterocycles. The SMILES string of the molecule is OC(CCN(CC1CCCC[N-]1)CC1CCCC[N-]1)CN(CC1CCCC[N-]1)CC1CCCC[N-]1.OC(O)C1CCCCC1.OC(O)C1CCCCC1.[Fe+4].[Fe+4]. The average molecular weight is 861 g/mol. The number of piperidine rings is 4. The van der Waals surface area contributed by atoms with Crippen LogP contribution in [-0.2, 0) is 34.1 Å². The molecule has 4 saturated heterocycles. The minimum Gasteiger partial charge on any atom is -0.658 e. The van der Waals surface area contributed by atoms with E-state index in [9.17, 15) is 5.11 Å². The number of aliphatic hydroxyl groups is 5. The van der Waals surface area contributed by atoms with Crippen molar-refractivity contribution in [2.75, 3.05) is 65.4 Å². The molecule has 13 heteroatoms. The fourth-order valence-electron chi connectivity index (χ4n) is 9.28. The van der Waals surface area contributed by atoms with Gasteiger partial charge in [-0.05, 0) is 58.3 Å². The summed E-state index contributed by atoms with van der Waals surface area (Å²) >= 11 is 0. The molecule has 4 heterocycles. The molecule has 0 amide bonds. The first-order chi connectivity index (χ1) is 25.9. The molecule has 55 heavy (non-hydrogen) atoms. The molecule has 5 N–H and O–H groups in total. The van der Waals surface area contributed by atoms with E-state index in [0.29, 0.717) is 24.2 Å². The zero-order valence-electron chi connectivity index (χ0n) is 34.2. The number of hydrogen-bond acceptors (Lipinski definition) is 7. The minimum absolute atomic E-state index is 0. The van der Waals surface area contributed by atoms with E-state index in [1.807, 2.05) is 0 Å². The van der Waals surface area contributed by atoms with Crippen molar-refractivity contribution < 1.29 is 59.7 Å². The van der Waals surface area contributed by atoms with Crippen LogP contribution in [0.25, 0.3) is 21.3 Å². The fourth-order valence-corrected chi connectivity index (χ4v) is 9.28. The van der Waals surface area contributed by atoms with Crippen molar-refractivity contribution in [3.05, 3.63) is 21.3 Å². The summed E-state index contributed by atoms with van der Waals surface area (Å²) in [5.74, 6) is 0.331. The summed E-state index contributed by atoms with van der Waals surface area (Å²) in [7, 11) is 0. The quantitative estimate of drug-likeness (QED) is 0.0894. The first-order valence-electron chi connectivity index (χ1n) is 22.4. The summed E-state index contributed by atoms with van der Waals surface area (Å²) in [4.78, 5) is 5.08. The number of nitrogens with zero attached hydrogens (tertiary/aromatic N) is 6. The van der Waals surface area contributed by atoms with Gasteiger partial charge in [-0.2, -0.15) is 0 Å². The van der Waals surface area contributed by atoms with Gasteiger partial charge in [0.15, 0.2) is 12.6 Å². The summed E-state index contributed by atoms with van der Waals surface area (Å²) in [6.07, 6.45) is 24.7. The van der Waals surface area contributed by atoms with Gasteiger partial charge in [0, 0.05) is 24.9 Å². The van der Waals surface area contributed by atoms with Crippen LogP contribution >= 0.6 is 0 Å². The van der Waals surface area contributed by atoms with E-state index in [-0.39, 0.29) is 52.1 Å². The third kappa shape index (κ3) is 22.7. The van der Waals surface area contributed by atoms with Crippen LogP contribution in [0.2, 0.25) is 0 Å². The molecule has 5 atom stereocenters. The molecule has 2 saturated carbocycles. The third-order valence-corrected chi connectivity index (χ3v) is 12.6. The molecule has 0 spiro atoms. The van der Waals surface area contributed by atoms with Gasteiger partial charge >= 0.3 is 34.1 Å². The maximum absolute atomic E-state index is 11.2. The summed E-state index contributed by atoms with van der Waals surface area (Å²) in [6.45, 7) is 9.88. The second-order valence-corrected chi connectivity index (χ2v) is 17.3. The van der Waals surface area contributed by atoms with Crippen LogP contribution in [0, 0.1) is 11.8 Å². The van der Waals surface area contributed by atoms with Gasteiger partial charge in [-0.3, -0.25) is 0 Å². The molecule has 320 valence electrons. The van der Waals surface area contributed by atoms with Gasteiger partial charge in [0.1, 0.15) is 0 Å². The van der Waals surface area contributed by atoms with Gasteiger partial charge in [-0.1, -0.05) is 116 Å². The maximum Gasteiger partial charge on any atom is 4.00 e. The molecule has 6 rings (SSSR count). The minimum atomic E-state index is -1.06. The van der Waals surface area contributed by atoms with Gasteiger partial charge in [0.05, 0.1) is 6.10 Å². The summed E-state index contributed by atoms with van der Waals surface area (Å²) in [5.41, 5.74) is 0. The Balaban J connectivity index is 0.000000428. The summed E-state index contributed by atoms with van der Waals surface area (Å²) < 4.78 is 0. The molecule has 0 bridgehead atoms. The van der Waals surface area contributed by atoms with Gasteiger partial charge in [-0.15, -0.1) is 50.3 Å². The van der Waals surface area contributed by atoms with Gasteiger partial charge in [0.25, 0.3) is 0 Å². The summed E-state index contributed by atoms with van der Waals surface area (Å²) in [6, 6.07) is 1.83. The van der Waals surface area contributed by atoms with Crippen LogP contribution in [0.5, 0.6) is 0 Å². The Morgan fingerprint density at radius 2 is 0.709 bits per heavy atom. The van der Waals surface area contributed by atoms with Gasteiger partial charge in [-0.25, -0.2) is 0 Å². The van der Waals surface area contributed by atoms with Gasteiger partial charge < -0.3 is 56.6 Å². The van der Waals surface area contributed by atoms with Crippen LogP contribution in [0.3, 0.4) is 0 Å². The Morgan fingerprint density at radius 3 is 0.982 bits per heavy atom. The van der Waals surface area contributed by atoms with Crippen LogP contribution in [0.4, 0.5) is 0 Å². The monoisotopic (exact) mass is 860 g/mol. The molecule has 0 aromatic carbocycles. The zero-order chi connectivity index (χ0) is 37.5. The zero-order valence-corrected chi connectivity index (χ0v) is 36.4. The van der Waals surface area contributed by atoms with Crippen molar-refractivity contribution in [2.24, 2.45) is 11.8 Å². The molecule has 0 aromatic rings. The molecule has 6 aliphatic rings. The van der Waals surface area contributed by atoms with Crippen LogP contribution in [0.15, 0.2) is 0 Å². The number of rotatable bonds is 15. The van der Waals surface area contributed by atoms with E-state index < -0.39 is 12.6 Å². The Bertz CT molecular complexity index is 818. The molecule has 0 aromatic heterocycles. The van der Waals surface area contributed by atoms with E-state index >= 15 is 0 Å². The number of hydrogen-bond donors (Lipinski definition) is 5. The predicted molar refractivity (Wildman–Crippen MR) is 217 cm³/mol. The van der Waals surface area contributed by atoms with E-state index in [0.717, 1.165) is 97.6 Å². The largest absolute Gasteiger partial charge is 4.00 e. The molecular weight excluding hydrogens is 780 g/mol. The Hall–Kier alpha value is 0.599. The normalized spacial score (nSPS) is 27.7. The second kappa shape index (κ2) is 31.5. The van der Waals surface area contributed by atoms with Crippen LogP contribution in [0.1, 0.15) is 148 Å². The van der Waals surface area contributed by atoms with Crippen molar-refractivity contribution in [3.8, 4) is 0 Å². The van der Waals surface area contributed by atoms with Crippen LogP contribution in [-0.4, -0.2) is 144 Å². The van der Waals surface area contributed by atoms with E-state index in [2.05, 4.69) is 9.80 Å². The van der Waals surface area contributed by atoms with Crippen molar-refractivity contribution >= 4 is 0 Å². The molecule has 2 aliphatic carbocycles. The Labute approximate surface area is 357 Å². The topological polar surface area (TPSA) is 164 Å². The van der Waals surface area contributed by atoms with Crippen molar-refractivity contribution in [3.63, 3.8) is 0 Å². The molecular formula is C42H80Fe2N6O5+4. The second-order valence-electron chi connectivity index (χ2n) is 17.3. The Morgan fingerprint density at radius 1 is 0.400 bits per heavy atom. The first-order valence-corrected chi connectivity index (χ1v) is 22.4. The van der Waals surface area contributed by atoms with Crippen molar-refractivity contribution in [2.45, 2.75) is 191 Å².